The summed E-state index contributed by atoms with van der Waals surface area (Å²) in [6, 6.07) is 5.03. The number of benzene rings is 1. The number of carbonyl (C=O) groups is 1. The van der Waals surface area contributed by atoms with Crippen LogP contribution >= 0.6 is 0 Å². The van der Waals surface area contributed by atoms with Crippen LogP contribution in [0.2, 0.25) is 0 Å². The highest BCUT2D eigenvalue weighted by molar-refractivity contribution is 6.09. The van der Waals surface area contributed by atoms with Crippen molar-refractivity contribution in [3.05, 3.63) is 35.7 Å². The number of aryl methyl sites for hydroxylation is 1. The van der Waals surface area contributed by atoms with Gasteiger partial charge in [0.25, 0.3) is 0 Å². The predicted molar refractivity (Wildman–Crippen MR) is 64.0 cm³/mol. The maximum Gasteiger partial charge on any atom is 0.218 e. The smallest absolute Gasteiger partial charge is 0.218 e. The van der Waals surface area contributed by atoms with Gasteiger partial charge in [-0.1, -0.05) is 0 Å². The number of hydrogen-bond acceptors (Lipinski definition) is 5. The lowest BCUT2D eigenvalue weighted by Crippen LogP contribution is -2.06. The number of hydrogen-bond donors (Lipinski definition) is 0. The lowest BCUT2D eigenvalue weighted by molar-refractivity contribution is 0.103. The third-order valence-electron chi connectivity index (χ3n) is 2.48. The number of nitrogens with zero attached hydrogens (tertiary/aromatic N) is 3. The molecule has 0 fully saturated rings. The molecule has 6 nitrogen and oxygen atoms in total. The van der Waals surface area contributed by atoms with Gasteiger partial charge in [0.2, 0.25) is 5.78 Å². The van der Waals surface area contributed by atoms with Gasteiger partial charge >= 0.3 is 0 Å². The monoisotopic (exact) mass is 247 g/mol. The highest BCUT2D eigenvalue weighted by atomic mass is 16.5. The van der Waals surface area contributed by atoms with Gasteiger partial charge in [-0.3, -0.25) is 4.79 Å². The number of methoxy groups -OCH3 is 2. The summed E-state index contributed by atoms with van der Waals surface area (Å²) in [5, 5.41) is 7.85. The zero-order valence-corrected chi connectivity index (χ0v) is 10.4. The fraction of sp³-hybridized carbons (Fsp3) is 0.250. The van der Waals surface area contributed by atoms with Gasteiger partial charge in [0.1, 0.15) is 11.5 Å². The molecule has 0 unspecified atom stereocenters. The maximum atomic E-state index is 12.3. The second-order valence-corrected chi connectivity index (χ2v) is 3.61. The zero-order chi connectivity index (χ0) is 13.1. The minimum atomic E-state index is -0.251. The number of ketones is 1. The molecule has 0 aliphatic heterocycles. The third-order valence-corrected chi connectivity index (χ3v) is 2.48. The SMILES string of the molecule is COc1ccc(OC)c(C(=O)c2cnn(C)n2)c1. The molecule has 0 spiro atoms. The second-order valence-electron chi connectivity index (χ2n) is 3.61. The lowest BCUT2D eigenvalue weighted by atomic mass is 10.1. The number of aromatic nitrogens is 3. The first-order valence-electron chi connectivity index (χ1n) is 5.28. The Morgan fingerprint density at radius 1 is 1.28 bits per heavy atom. The Kier molecular flexibility index (Phi) is 3.27. The molecule has 0 radical (unpaired) electrons. The van der Waals surface area contributed by atoms with Crippen LogP contribution in [-0.4, -0.2) is 35.0 Å². The Bertz CT molecular complexity index is 578. The van der Waals surface area contributed by atoms with E-state index >= 15 is 0 Å². The highest BCUT2D eigenvalue weighted by Crippen LogP contribution is 2.25. The largest absolute Gasteiger partial charge is 0.497 e. The van der Waals surface area contributed by atoms with Gasteiger partial charge in [-0.2, -0.15) is 15.0 Å². The molecule has 0 N–H and O–H groups in total. The van der Waals surface area contributed by atoms with Gasteiger partial charge in [-0.15, -0.1) is 0 Å². The molecule has 1 heterocycles. The van der Waals surface area contributed by atoms with Crippen molar-refractivity contribution in [2.75, 3.05) is 14.2 Å². The maximum absolute atomic E-state index is 12.3. The van der Waals surface area contributed by atoms with Crippen LogP contribution in [0.15, 0.2) is 24.4 Å². The van der Waals surface area contributed by atoms with Crippen molar-refractivity contribution in [2.24, 2.45) is 7.05 Å². The molecule has 1 aromatic carbocycles. The summed E-state index contributed by atoms with van der Waals surface area (Å²) in [5.74, 6) is 0.813. The van der Waals surface area contributed by atoms with Crippen molar-refractivity contribution in [2.45, 2.75) is 0 Å². The normalized spacial score (nSPS) is 10.2. The Morgan fingerprint density at radius 2 is 2.06 bits per heavy atom. The summed E-state index contributed by atoms with van der Waals surface area (Å²) in [6.07, 6.45) is 1.42. The zero-order valence-electron chi connectivity index (χ0n) is 10.4. The third kappa shape index (κ3) is 2.17. The van der Waals surface area contributed by atoms with Gasteiger partial charge in [0.05, 0.1) is 26.0 Å². The van der Waals surface area contributed by atoms with Crippen LogP contribution in [0.1, 0.15) is 16.1 Å². The lowest BCUT2D eigenvalue weighted by Gasteiger charge is -2.08. The van der Waals surface area contributed by atoms with Crippen molar-refractivity contribution in [3.8, 4) is 11.5 Å². The average molecular weight is 247 g/mol. The summed E-state index contributed by atoms with van der Waals surface area (Å²) in [5.41, 5.74) is 0.668. The van der Waals surface area contributed by atoms with E-state index in [1.165, 1.54) is 18.1 Å². The van der Waals surface area contributed by atoms with Crippen LogP contribution in [0.3, 0.4) is 0 Å². The molecular formula is C12H13N3O3. The molecule has 6 heteroatoms. The van der Waals surface area contributed by atoms with Crippen LogP contribution in [0, 0.1) is 0 Å². The van der Waals surface area contributed by atoms with Crippen LogP contribution in [0.5, 0.6) is 11.5 Å². The van der Waals surface area contributed by atoms with E-state index in [9.17, 15) is 4.79 Å². The Labute approximate surface area is 104 Å². The highest BCUT2D eigenvalue weighted by Gasteiger charge is 2.18. The predicted octanol–water partition coefficient (Wildman–Crippen LogP) is 1.06. The van der Waals surface area contributed by atoms with E-state index in [1.807, 2.05) is 0 Å². The van der Waals surface area contributed by atoms with Gasteiger partial charge in [0.15, 0.2) is 5.69 Å². The molecule has 94 valence electrons. The van der Waals surface area contributed by atoms with Gasteiger partial charge < -0.3 is 9.47 Å². The molecule has 2 rings (SSSR count). The first-order chi connectivity index (χ1) is 8.65. The molecular weight excluding hydrogens is 234 g/mol. The first kappa shape index (κ1) is 12.1. The van der Waals surface area contributed by atoms with E-state index in [0.29, 0.717) is 17.1 Å². The van der Waals surface area contributed by atoms with Gasteiger partial charge in [-0.25, -0.2) is 0 Å². The Morgan fingerprint density at radius 3 is 2.61 bits per heavy atom. The summed E-state index contributed by atoms with van der Waals surface area (Å²) in [4.78, 5) is 13.6. The number of ether oxygens (including phenoxy) is 2. The fourth-order valence-electron chi connectivity index (χ4n) is 1.58. The van der Waals surface area contributed by atoms with Crippen LogP contribution < -0.4 is 9.47 Å². The molecule has 0 saturated heterocycles. The van der Waals surface area contributed by atoms with E-state index in [2.05, 4.69) is 10.2 Å². The molecule has 0 aliphatic rings. The van der Waals surface area contributed by atoms with E-state index < -0.39 is 0 Å². The van der Waals surface area contributed by atoms with E-state index in [1.54, 1.807) is 32.4 Å². The van der Waals surface area contributed by atoms with Crippen molar-refractivity contribution in [3.63, 3.8) is 0 Å². The van der Waals surface area contributed by atoms with Crippen molar-refractivity contribution in [1.82, 2.24) is 15.0 Å². The molecule has 0 amide bonds. The quantitative estimate of drug-likeness (QED) is 0.756. The molecule has 2 aromatic rings. The van der Waals surface area contributed by atoms with Gasteiger partial charge in [-0.05, 0) is 18.2 Å². The minimum Gasteiger partial charge on any atom is -0.497 e. The van der Waals surface area contributed by atoms with Gasteiger partial charge in [0, 0.05) is 7.05 Å². The first-order valence-corrected chi connectivity index (χ1v) is 5.28. The van der Waals surface area contributed by atoms with E-state index in [4.69, 9.17) is 9.47 Å². The second kappa shape index (κ2) is 4.87. The van der Waals surface area contributed by atoms with Crippen LogP contribution in [0.25, 0.3) is 0 Å². The summed E-state index contributed by atoms with van der Waals surface area (Å²) >= 11 is 0. The van der Waals surface area contributed by atoms with E-state index in [0.717, 1.165) is 0 Å². The molecule has 18 heavy (non-hydrogen) atoms. The molecule has 0 aliphatic carbocycles. The van der Waals surface area contributed by atoms with Crippen molar-refractivity contribution in [1.29, 1.82) is 0 Å². The van der Waals surface area contributed by atoms with Crippen LogP contribution in [-0.2, 0) is 7.05 Å². The molecule has 0 bridgehead atoms. The summed E-state index contributed by atoms with van der Waals surface area (Å²) in [6.45, 7) is 0. The average Bonchev–Trinajstić information content (AvgIpc) is 2.83. The number of carbonyl (C=O) groups excluding carboxylic acids is 1. The summed E-state index contributed by atoms with van der Waals surface area (Å²) < 4.78 is 10.3. The van der Waals surface area contributed by atoms with Crippen molar-refractivity contribution >= 4 is 5.78 Å². The minimum absolute atomic E-state index is 0.251. The summed E-state index contributed by atoms with van der Waals surface area (Å²) in [7, 11) is 4.70. The topological polar surface area (TPSA) is 66.2 Å². The molecule has 1 aromatic heterocycles. The standard InChI is InChI=1S/C12H13N3O3/c1-15-13-7-10(14-15)12(16)9-6-8(17-2)4-5-11(9)18-3/h4-7H,1-3H3. The Balaban J connectivity index is 2.45. The number of rotatable bonds is 4. The fourth-order valence-corrected chi connectivity index (χ4v) is 1.58. The van der Waals surface area contributed by atoms with Crippen LogP contribution in [0.4, 0.5) is 0 Å². The molecule has 0 atom stereocenters. The molecule has 0 saturated carbocycles. The van der Waals surface area contributed by atoms with E-state index in [-0.39, 0.29) is 11.5 Å². The Hall–Kier alpha value is -2.37. The van der Waals surface area contributed by atoms with Crippen molar-refractivity contribution < 1.29 is 14.3 Å².